The molecule has 0 spiro atoms. The number of aromatic nitrogens is 2. The van der Waals surface area contributed by atoms with Crippen molar-refractivity contribution in [1.82, 2.24) is 14.9 Å². The maximum Gasteiger partial charge on any atom is 0.130 e. The summed E-state index contributed by atoms with van der Waals surface area (Å²) < 4.78 is 0. The lowest BCUT2D eigenvalue weighted by Gasteiger charge is -2.16. The Bertz CT molecular complexity index is 351. The van der Waals surface area contributed by atoms with Crippen molar-refractivity contribution in [2.75, 3.05) is 27.2 Å². The minimum atomic E-state index is 0.331. The van der Waals surface area contributed by atoms with Gasteiger partial charge >= 0.3 is 0 Å². The van der Waals surface area contributed by atoms with Crippen molar-refractivity contribution in [2.24, 2.45) is 5.73 Å². The van der Waals surface area contributed by atoms with Crippen LogP contribution in [0.4, 0.5) is 0 Å². The van der Waals surface area contributed by atoms with Crippen LogP contribution >= 0.6 is 0 Å². The Balaban J connectivity index is 2.93. The molecule has 2 N–H and O–H groups in total. The van der Waals surface area contributed by atoms with Gasteiger partial charge in [-0.15, -0.1) is 0 Å². The van der Waals surface area contributed by atoms with Crippen molar-refractivity contribution in [2.45, 2.75) is 33.1 Å². The largest absolute Gasteiger partial charge is 0.330 e. The van der Waals surface area contributed by atoms with Crippen molar-refractivity contribution >= 4 is 0 Å². The minimum absolute atomic E-state index is 0.331. The van der Waals surface area contributed by atoms with Gasteiger partial charge in [0, 0.05) is 24.4 Å². The highest BCUT2D eigenvalue weighted by atomic mass is 15.1. The molecule has 0 aliphatic heterocycles. The van der Waals surface area contributed by atoms with Gasteiger partial charge in [-0.1, -0.05) is 6.92 Å². The fourth-order valence-electron chi connectivity index (χ4n) is 2.06. The van der Waals surface area contributed by atoms with Crippen molar-refractivity contribution in [1.29, 1.82) is 0 Å². The molecule has 0 radical (unpaired) electrons. The highest BCUT2D eigenvalue weighted by molar-refractivity contribution is 5.28. The van der Waals surface area contributed by atoms with E-state index in [1.54, 1.807) is 0 Å². The first-order valence-corrected chi connectivity index (χ1v) is 6.14. The van der Waals surface area contributed by atoms with Crippen LogP contribution in [0.5, 0.6) is 0 Å². The molecule has 4 heteroatoms. The maximum absolute atomic E-state index is 5.72. The molecule has 0 aliphatic carbocycles. The van der Waals surface area contributed by atoms with Crippen LogP contribution in [-0.4, -0.2) is 42.1 Å². The number of likely N-dealkylation sites (N-methyl/N-ethyl adjacent to an activating group) is 1. The molecule has 96 valence electrons. The van der Waals surface area contributed by atoms with Crippen LogP contribution < -0.4 is 5.73 Å². The zero-order valence-electron chi connectivity index (χ0n) is 11.6. The second-order valence-corrected chi connectivity index (χ2v) is 4.91. The smallest absolute Gasteiger partial charge is 0.130 e. The highest BCUT2D eigenvalue weighted by Crippen LogP contribution is 2.20. The van der Waals surface area contributed by atoms with Gasteiger partial charge in [-0.2, -0.15) is 0 Å². The lowest BCUT2D eigenvalue weighted by molar-refractivity contribution is 0.409. The van der Waals surface area contributed by atoms with Gasteiger partial charge in [-0.3, -0.25) is 0 Å². The van der Waals surface area contributed by atoms with Crippen LogP contribution in [0.15, 0.2) is 0 Å². The van der Waals surface area contributed by atoms with E-state index in [9.17, 15) is 0 Å². The Morgan fingerprint density at radius 1 is 1.18 bits per heavy atom. The van der Waals surface area contributed by atoms with Gasteiger partial charge in [0.1, 0.15) is 5.82 Å². The molecule has 0 aromatic carbocycles. The summed E-state index contributed by atoms with van der Waals surface area (Å²) in [6.07, 6.45) is 0.895. The Morgan fingerprint density at radius 3 is 2.12 bits per heavy atom. The Morgan fingerprint density at radius 2 is 1.71 bits per heavy atom. The molecule has 17 heavy (non-hydrogen) atoms. The van der Waals surface area contributed by atoms with Crippen LogP contribution in [0.3, 0.4) is 0 Å². The van der Waals surface area contributed by atoms with Crippen molar-refractivity contribution in [3.63, 3.8) is 0 Å². The second kappa shape index (κ2) is 6.07. The zero-order valence-corrected chi connectivity index (χ0v) is 11.6. The summed E-state index contributed by atoms with van der Waals surface area (Å²) >= 11 is 0. The molecule has 1 aromatic heterocycles. The van der Waals surface area contributed by atoms with E-state index in [-0.39, 0.29) is 0 Å². The molecular weight excluding hydrogens is 212 g/mol. The molecule has 1 aromatic rings. The van der Waals surface area contributed by atoms with E-state index in [1.165, 1.54) is 5.56 Å². The number of hydrogen-bond acceptors (Lipinski definition) is 4. The monoisotopic (exact) mass is 236 g/mol. The van der Waals surface area contributed by atoms with Gasteiger partial charge in [-0.05, 0) is 46.0 Å². The summed E-state index contributed by atoms with van der Waals surface area (Å²) in [4.78, 5) is 11.3. The summed E-state index contributed by atoms with van der Waals surface area (Å²) in [5.41, 5.74) is 9.07. The van der Waals surface area contributed by atoms with Crippen molar-refractivity contribution in [3.8, 4) is 0 Å². The third-order valence-electron chi connectivity index (χ3n) is 3.00. The van der Waals surface area contributed by atoms with E-state index in [0.29, 0.717) is 12.5 Å². The molecule has 0 fully saturated rings. The van der Waals surface area contributed by atoms with Gasteiger partial charge in [0.25, 0.3) is 0 Å². The zero-order chi connectivity index (χ0) is 13.0. The molecule has 1 unspecified atom stereocenters. The lowest BCUT2D eigenvalue weighted by Crippen LogP contribution is -2.18. The lowest BCUT2D eigenvalue weighted by atomic mass is 9.98. The highest BCUT2D eigenvalue weighted by Gasteiger charge is 2.13. The molecule has 0 saturated heterocycles. The average molecular weight is 236 g/mol. The summed E-state index contributed by atoms with van der Waals surface area (Å²) in [6.45, 7) is 7.84. The topological polar surface area (TPSA) is 55.0 Å². The summed E-state index contributed by atoms with van der Waals surface area (Å²) in [7, 11) is 4.12. The Kier molecular flexibility index (Phi) is 5.02. The van der Waals surface area contributed by atoms with Crippen molar-refractivity contribution < 1.29 is 0 Å². The van der Waals surface area contributed by atoms with Crippen LogP contribution in [0.25, 0.3) is 0 Å². The first-order chi connectivity index (χ1) is 7.95. The number of aryl methyl sites for hydroxylation is 2. The molecule has 0 amide bonds. The molecular formula is C13H24N4. The Hall–Kier alpha value is -1.00. The Labute approximate surface area is 104 Å². The molecule has 4 nitrogen and oxygen atoms in total. The van der Waals surface area contributed by atoms with Gasteiger partial charge < -0.3 is 10.6 Å². The fraction of sp³-hybridized carbons (Fsp3) is 0.692. The summed E-state index contributed by atoms with van der Waals surface area (Å²) in [5.74, 6) is 1.26. The fourth-order valence-corrected chi connectivity index (χ4v) is 2.06. The molecule has 0 saturated carbocycles. The average Bonchev–Trinajstić information content (AvgIpc) is 2.25. The maximum atomic E-state index is 5.72. The van der Waals surface area contributed by atoms with E-state index < -0.39 is 0 Å². The van der Waals surface area contributed by atoms with Crippen LogP contribution in [0.1, 0.15) is 35.6 Å². The normalized spacial score (nSPS) is 13.1. The molecule has 0 aliphatic rings. The van der Waals surface area contributed by atoms with Gasteiger partial charge in [0.05, 0.1) is 0 Å². The molecule has 1 atom stereocenters. The predicted molar refractivity (Wildman–Crippen MR) is 71.2 cm³/mol. The minimum Gasteiger partial charge on any atom is -0.330 e. The standard InChI is InChI=1S/C13H24N4/c1-9(8-14)13-10(2)15-12(16-11(13)3)6-7-17(4)5/h9H,6-8,14H2,1-5H3. The number of hydrogen-bond donors (Lipinski definition) is 1. The third-order valence-corrected chi connectivity index (χ3v) is 3.00. The van der Waals surface area contributed by atoms with Crippen molar-refractivity contribution in [3.05, 3.63) is 22.8 Å². The molecule has 1 rings (SSSR count). The number of nitrogens with zero attached hydrogens (tertiary/aromatic N) is 3. The third kappa shape index (κ3) is 3.75. The summed E-state index contributed by atoms with van der Waals surface area (Å²) in [5, 5.41) is 0. The van der Waals surface area contributed by atoms with Crippen LogP contribution in [0, 0.1) is 13.8 Å². The molecule has 0 bridgehead atoms. The van der Waals surface area contributed by atoms with Crippen LogP contribution in [0.2, 0.25) is 0 Å². The quantitative estimate of drug-likeness (QED) is 0.836. The van der Waals surface area contributed by atoms with E-state index >= 15 is 0 Å². The number of rotatable bonds is 5. The number of nitrogens with two attached hydrogens (primary N) is 1. The molecule has 1 heterocycles. The first-order valence-electron chi connectivity index (χ1n) is 6.14. The van der Waals surface area contributed by atoms with Gasteiger partial charge in [-0.25, -0.2) is 9.97 Å². The van der Waals surface area contributed by atoms with E-state index in [4.69, 9.17) is 5.73 Å². The van der Waals surface area contributed by atoms with Gasteiger partial charge in [0.2, 0.25) is 0 Å². The van der Waals surface area contributed by atoms with Crippen LogP contribution in [-0.2, 0) is 6.42 Å². The summed E-state index contributed by atoms with van der Waals surface area (Å²) in [6, 6.07) is 0. The SMILES string of the molecule is Cc1nc(CCN(C)C)nc(C)c1C(C)CN. The first kappa shape index (κ1) is 14.1. The van der Waals surface area contributed by atoms with Gasteiger partial charge in [0.15, 0.2) is 0 Å². The van der Waals surface area contributed by atoms with E-state index in [1.807, 2.05) is 0 Å². The van der Waals surface area contributed by atoms with E-state index in [0.717, 1.165) is 30.2 Å². The second-order valence-electron chi connectivity index (χ2n) is 4.91. The predicted octanol–water partition coefficient (Wildman–Crippen LogP) is 1.26. The van der Waals surface area contributed by atoms with E-state index in [2.05, 4.69) is 49.7 Å².